The first-order chi connectivity index (χ1) is 9.86. The Kier molecular flexibility index (Phi) is 3.95. The van der Waals surface area contributed by atoms with Crippen molar-refractivity contribution in [3.8, 4) is 0 Å². The van der Waals surface area contributed by atoms with Gasteiger partial charge in [-0.05, 0) is 22.6 Å². The maximum absolute atomic E-state index is 10.8. The fourth-order valence-electron chi connectivity index (χ4n) is 2.50. The summed E-state index contributed by atoms with van der Waals surface area (Å²) in [5.41, 5.74) is 2.28. The summed E-state index contributed by atoms with van der Waals surface area (Å²) in [7, 11) is 0. The summed E-state index contributed by atoms with van der Waals surface area (Å²) in [6.07, 6.45) is -0.514. The maximum atomic E-state index is 10.8. The van der Waals surface area contributed by atoms with Crippen LogP contribution in [-0.2, 0) is 0 Å². The fraction of sp³-hybridized carbons (Fsp3) is 0.111. The van der Waals surface area contributed by atoms with E-state index in [1.165, 1.54) is 0 Å². The largest absolute Gasteiger partial charge is 0.387 e. The average molecular weight is 280 g/mol. The fourth-order valence-corrected chi connectivity index (χ4v) is 3.25. The van der Waals surface area contributed by atoms with Gasteiger partial charge in [0.2, 0.25) is 0 Å². The molecule has 0 amide bonds. The Morgan fingerprint density at radius 3 is 1.70 bits per heavy atom. The monoisotopic (exact) mass is 280 g/mol. The van der Waals surface area contributed by atoms with E-state index in [2.05, 4.69) is 24.3 Å². The van der Waals surface area contributed by atoms with E-state index in [9.17, 15) is 5.11 Å². The Bertz CT molecular complexity index is 592. The third-order valence-electron chi connectivity index (χ3n) is 3.47. The summed E-state index contributed by atoms with van der Waals surface area (Å²) in [4.78, 5) is 1.00. The van der Waals surface area contributed by atoms with Gasteiger partial charge in [0.1, 0.15) is 0 Å². The first-order valence-corrected chi connectivity index (χ1v) is 7.55. The Morgan fingerprint density at radius 2 is 1.25 bits per heavy atom. The van der Waals surface area contributed by atoms with Gasteiger partial charge in [-0.15, -0.1) is 11.3 Å². The minimum Gasteiger partial charge on any atom is -0.387 e. The number of aliphatic hydroxyl groups is 1. The lowest BCUT2D eigenvalue weighted by molar-refractivity contribution is 0.163. The summed E-state index contributed by atoms with van der Waals surface area (Å²) >= 11 is 1.60. The van der Waals surface area contributed by atoms with Crippen molar-refractivity contribution in [2.75, 3.05) is 0 Å². The first-order valence-electron chi connectivity index (χ1n) is 6.67. The molecule has 0 fully saturated rings. The Labute approximate surface area is 123 Å². The van der Waals surface area contributed by atoms with Gasteiger partial charge in [0, 0.05) is 10.8 Å². The minimum absolute atomic E-state index is 0.0314. The predicted molar refractivity (Wildman–Crippen MR) is 84.0 cm³/mol. The van der Waals surface area contributed by atoms with E-state index >= 15 is 0 Å². The van der Waals surface area contributed by atoms with Crippen molar-refractivity contribution >= 4 is 11.3 Å². The lowest BCUT2D eigenvalue weighted by Gasteiger charge is -2.23. The molecule has 3 aromatic rings. The molecule has 1 aromatic heterocycles. The molecule has 0 aliphatic rings. The molecule has 0 bridgehead atoms. The van der Waals surface area contributed by atoms with Crippen LogP contribution in [0.5, 0.6) is 0 Å². The molecule has 2 aromatic carbocycles. The highest BCUT2D eigenvalue weighted by atomic mass is 32.1. The van der Waals surface area contributed by atoms with Gasteiger partial charge in [-0.2, -0.15) is 0 Å². The van der Waals surface area contributed by atoms with Gasteiger partial charge < -0.3 is 5.11 Å². The molecule has 0 saturated heterocycles. The molecule has 2 heteroatoms. The number of thiophene rings is 1. The number of aliphatic hydroxyl groups excluding tert-OH is 1. The van der Waals surface area contributed by atoms with E-state index in [0.29, 0.717) is 0 Å². The molecule has 1 heterocycles. The van der Waals surface area contributed by atoms with Crippen molar-refractivity contribution < 1.29 is 5.11 Å². The number of benzene rings is 2. The van der Waals surface area contributed by atoms with Crippen LogP contribution in [0.3, 0.4) is 0 Å². The molecule has 0 radical (unpaired) electrons. The molecule has 1 unspecified atom stereocenters. The lowest BCUT2D eigenvalue weighted by Crippen LogP contribution is -2.11. The van der Waals surface area contributed by atoms with E-state index in [4.69, 9.17) is 0 Å². The van der Waals surface area contributed by atoms with Gasteiger partial charge in [0.15, 0.2) is 0 Å². The van der Waals surface area contributed by atoms with Crippen LogP contribution in [0.25, 0.3) is 0 Å². The second kappa shape index (κ2) is 6.04. The molecule has 0 aliphatic carbocycles. The molecule has 100 valence electrons. The van der Waals surface area contributed by atoms with Gasteiger partial charge in [-0.25, -0.2) is 0 Å². The zero-order valence-corrected chi connectivity index (χ0v) is 11.8. The third kappa shape index (κ3) is 2.67. The normalized spacial score (nSPS) is 12.5. The molecule has 3 rings (SSSR count). The van der Waals surface area contributed by atoms with Crippen LogP contribution in [0.2, 0.25) is 0 Å². The van der Waals surface area contributed by atoms with Crippen molar-refractivity contribution in [3.63, 3.8) is 0 Å². The van der Waals surface area contributed by atoms with Crippen LogP contribution in [0, 0.1) is 0 Å². The standard InChI is InChI=1S/C18H16OS/c19-18(16-12-7-13-20-16)17(14-8-3-1-4-9-14)15-10-5-2-6-11-15/h1-13,17-19H. The lowest BCUT2D eigenvalue weighted by atomic mass is 9.86. The number of hydrogen-bond acceptors (Lipinski definition) is 2. The molecule has 0 spiro atoms. The topological polar surface area (TPSA) is 20.2 Å². The van der Waals surface area contributed by atoms with Crippen LogP contribution in [-0.4, -0.2) is 5.11 Å². The van der Waals surface area contributed by atoms with E-state index in [0.717, 1.165) is 16.0 Å². The highest BCUT2D eigenvalue weighted by molar-refractivity contribution is 7.10. The van der Waals surface area contributed by atoms with Gasteiger partial charge >= 0.3 is 0 Å². The SMILES string of the molecule is OC(c1cccs1)C(c1ccccc1)c1ccccc1. The summed E-state index contributed by atoms with van der Waals surface area (Å²) < 4.78 is 0. The molecule has 0 aliphatic heterocycles. The van der Waals surface area contributed by atoms with Crippen molar-refractivity contribution in [3.05, 3.63) is 94.2 Å². The predicted octanol–water partition coefficient (Wildman–Crippen LogP) is 4.61. The Hall–Kier alpha value is -1.90. The summed E-state index contributed by atoms with van der Waals surface area (Å²) in [5.74, 6) is -0.0314. The van der Waals surface area contributed by atoms with Crippen molar-refractivity contribution in [2.24, 2.45) is 0 Å². The highest BCUT2D eigenvalue weighted by Gasteiger charge is 2.24. The van der Waals surface area contributed by atoms with E-state index in [-0.39, 0.29) is 5.92 Å². The summed E-state index contributed by atoms with van der Waals surface area (Å²) in [5, 5.41) is 12.8. The number of rotatable bonds is 4. The van der Waals surface area contributed by atoms with Crippen LogP contribution >= 0.6 is 11.3 Å². The zero-order valence-electron chi connectivity index (χ0n) is 11.0. The third-order valence-corrected chi connectivity index (χ3v) is 4.41. The number of hydrogen-bond donors (Lipinski definition) is 1. The Morgan fingerprint density at radius 1 is 0.700 bits per heavy atom. The van der Waals surface area contributed by atoms with E-state index < -0.39 is 6.10 Å². The summed E-state index contributed by atoms with van der Waals surface area (Å²) in [6, 6.07) is 24.4. The smallest absolute Gasteiger partial charge is 0.0990 e. The van der Waals surface area contributed by atoms with Gasteiger partial charge in [-0.3, -0.25) is 0 Å². The molecular formula is C18H16OS. The van der Waals surface area contributed by atoms with Crippen LogP contribution in [0.1, 0.15) is 28.0 Å². The molecule has 1 atom stereocenters. The molecule has 0 saturated carbocycles. The van der Waals surface area contributed by atoms with E-state index in [1.54, 1.807) is 11.3 Å². The Balaban J connectivity index is 2.05. The van der Waals surface area contributed by atoms with Crippen molar-refractivity contribution in [1.29, 1.82) is 0 Å². The van der Waals surface area contributed by atoms with Gasteiger partial charge in [0.25, 0.3) is 0 Å². The van der Waals surface area contributed by atoms with Crippen molar-refractivity contribution in [2.45, 2.75) is 12.0 Å². The molecule has 1 N–H and O–H groups in total. The zero-order chi connectivity index (χ0) is 13.8. The molecule has 1 nitrogen and oxygen atoms in total. The van der Waals surface area contributed by atoms with Crippen LogP contribution < -0.4 is 0 Å². The second-order valence-electron chi connectivity index (χ2n) is 4.76. The van der Waals surface area contributed by atoms with Crippen molar-refractivity contribution in [1.82, 2.24) is 0 Å². The quantitative estimate of drug-likeness (QED) is 0.739. The van der Waals surface area contributed by atoms with Crippen LogP contribution in [0.15, 0.2) is 78.2 Å². The second-order valence-corrected chi connectivity index (χ2v) is 5.74. The molecule has 20 heavy (non-hydrogen) atoms. The van der Waals surface area contributed by atoms with Crippen LogP contribution in [0.4, 0.5) is 0 Å². The summed E-state index contributed by atoms with van der Waals surface area (Å²) in [6.45, 7) is 0. The van der Waals surface area contributed by atoms with Gasteiger partial charge in [0.05, 0.1) is 6.10 Å². The first kappa shape index (κ1) is 13.1. The molecular weight excluding hydrogens is 264 g/mol. The maximum Gasteiger partial charge on any atom is 0.0990 e. The average Bonchev–Trinajstić information content (AvgIpc) is 3.04. The van der Waals surface area contributed by atoms with Gasteiger partial charge in [-0.1, -0.05) is 66.7 Å². The highest BCUT2D eigenvalue weighted by Crippen LogP contribution is 2.38. The minimum atomic E-state index is -0.514. The van der Waals surface area contributed by atoms with E-state index in [1.807, 2.05) is 53.9 Å².